The lowest BCUT2D eigenvalue weighted by Gasteiger charge is -2.36. The van der Waals surface area contributed by atoms with E-state index in [-0.39, 0.29) is 11.9 Å². The Labute approximate surface area is 114 Å². The van der Waals surface area contributed by atoms with Gasteiger partial charge in [-0.15, -0.1) is 0 Å². The fourth-order valence-corrected chi connectivity index (χ4v) is 2.40. The first-order valence-electron chi connectivity index (χ1n) is 6.76. The monoisotopic (exact) mass is 262 g/mol. The molecule has 0 radical (unpaired) electrons. The highest BCUT2D eigenvalue weighted by Gasteiger charge is 2.22. The van der Waals surface area contributed by atoms with Crippen LogP contribution in [-0.4, -0.2) is 49.0 Å². The topological polar surface area (TPSA) is 48.5 Å². The summed E-state index contributed by atoms with van der Waals surface area (Å²) >= 11 is 0. The number of carbonyl (C=O) groups is 1. The highest BCUT2D eigenvalue weighted by molar-refractivity contribution is 5.73. The number of aromatic nitrogens is 1. The first-order valence-corrected chi connectivity index (χ1v) is 6.76. The number of piperazine rings is 1. The molecule has 0 aromatic carbocycles. The number of hydrogen-bond donors (Lipinski definition) is 1. The Morgan fingerprint density at radius 1 is 1.37 bits per heavy atom. The quantitative estimate of drug-likeness (QED) is 0.884. The van der Waals surface area contributed by atoms with E-state index in [1.807, 2.05) is 24.2 Å². The Hall–Kier alpha value is -1.62. The van der Waals surface area contributed by atoms with E-state index in [4.69, 9.17) is 0 Å². The average molecular weight is 262 g/mol. The van der Waals surface area contributed by atoms with Crippen molar-refractivity contribution in [2.45, 2.75) is 19.9 Å². The van der Waals surface area contributed by atoms with Crippen LogP contribution in [0.1, 0.15) is 25.5 Å². The van der Waals surface area contributed by atoms with Gasteiger partial charge in [-0.2, -0.15) is 0 Å². The van der Waals surface area contributed by atoms with Crippen LogP contribution < -0.4 is 10.2 Å². The number of hydrogen-bond acceptors (Lipinski definition) is 4. The van der Waals surface area contributed by atoms with Crippen LogP contribution in [0.2, 0.25) is 0 Å². The number of nitrogens with one attached hydrogen (secondary N) is 1. The van der Waals surface area contributed by atoms with Crippen molar-refractivity contribution >= 4 is 11.7 Å². The summed E-state index contributed by atoms with van der Waals surface area (Å²) < 4.78 is 0. The minimum Gasteiger partial charge on any atom is -0.353 e. The van der Waals surface area contributed by atoms with Crippen LogP contribution in [0.4, 0.5) is 5.82 Å². The van der Waals surface area contributed by atoms with Crippen LogP contribution in [0.15, 0.2) is 18.3 Å². The molecule has 0 saturated carbocycles. The van der Waals surface area contributed by atoms with Crippen molar-refractivity contribution in [3.8, 4) is 0 Å². The molecular formula is C14H22N4O. The van der Waals surface area contributed by atoms with Gasteiger partial charge in [-0.1, -0.05) is 6.07 Å². The van der Waals surface area contributed by atoms with Crippen LogP contribution in [0, 0.1) is 0 Å². The van der Waals surface area contributed by atoms with Crippen molar-refractivity contribution in [1.82, 2.24) is 15.2 Å². The van der Waals surface area contributed by atoms with Gasteiger partial charge >= 0.3 is 0 Å². The summed E-state index contributed by atoms with van der Waals surface area (Å²) in [7, 11) is 1.95. The van der Waals surface area contributed by atoms with Gasteiger partial charge in [-0.05, 0) is 20.0 Å². The van der Waals surface area contributed by atoms with E-state index in [9.17, 15) is 4.79 Å². The zero-order valence-electron chi connectivity index (χ0n) is 11.9. The highest BCUT2D eigenvalue weighted by Crippen LogP contribution is 2.24. The Bertz CT molecular complexity index is 441. The first-order chi connectivity index (χ1) is 9.13. The molecule has 1 N–H and O–H groups in total. The van der Waals surface area contributed by atoms with Gasteiger partial charge < -0.3 is 15.1 Å². The summed E-state index contributed by atoms with van der Waals surface area (Å²) in [6, 6.07) is 4.36. The molecule has 1 aromatic heterocycles. The van der Waals surface area contributed by atoms with Crippen LogP contribution in [-0.2, 0) is 4.79 Å². The van der Waals surface area contributed by atoms with Crippen molar-refractivity contribution < 1.29 is 4.79 Å². The summed E-state index contributed by atoms with van der Waals surface area (Å²) in [5, 5.41) is 3.26. The van der Waals surface area contributed by atoms with Gasteiger partial charge in [-0.25, -0.2) is 4.98 Å². The van der Waals surface area contributed by atoms with Gasteiger partial charge in [0.15, 0.2) is 0 Å². The van der Waals surface area contributed by atoms with Crippen molar-refractivity contribution in [3.05, 3.63) is 23.9 Å². The molecule has 0 spiro atoms. The minimum atomic E-state index is 0.157. The number of amides is 1. The van der Waals surface area contributed by atoms with Crippen molar-refractivity contribution in [1.29, 1.82) is 0 Å². The molecule has 0 bridgehead atoms. The smallest absolute Gasteiger partial charge is 0.219 e. The predicted molar refractivity (Wildman–Crippen MR) is 76.2 cm³/mol. The molecule has 0 aliphatic carbocycles. The van der Waals surface area contributed by atoms with Gasteiger partial charge in [0.1, 0.15) is 5.82 Å². The first kappa shape index (κ1) is 13.8. The van der Waals surface area contributed by atoms with Crippen LogP contribution in [0.5, 0.6) is 0 Å². The highest BCUT2D eigenvalue weighted by atomic mass is 16.2. The number of rotatable bonds is 3. The van der Waals surface area contributed by atoms with E-state index in [0.29, 0.717) is 0 Å². The maximum atomic E-state index is 11.3. The fraction of sp³-hybridized carbons (Fsp3) is 0.571. The molecule has 1 saturated heterocycles. The maximum absolute atomic E-state index is 11.3. The van der Waals surface area contributed by atoms with Crippen LogP contribution in [0.3, 0.4) is 0 Å². The summed E-state index contributed by atoms with van der Waals surface area (Å²) in [5.41, 5.74) is 1.21. The van der Waals surface area contributed by atoms with Crippen LogP contribution >= 0.6 is 0 Å². The third-order valence-electron chi connectivity index (χ3n) is 3.74. The van der Waals surface area contributed by atoms with Gasteiger partial charge in [-0.3, -0.25) is 4.79 Å². The third kappa shape index (κ3) is 3.04. The summed E-state index contributed by atoms with van der Waals surface area (Å²) in [6.07, 6.45) is 1.83. The Morgan fingerprint density at radius 3 is 2.63 bits per heavy atom. The van der Waals surface area contributed by atoms with Gasteiger partial charge in [0.05, 0.1) is 0 Å². The van der Waals surface area contributed by atoms with Crippen molar-refractivity contribution in [2.24, 2.45) is 0 Å². The number of carbonyl (C=O) groups excluding carboxylic acids is 1. The van der Waals surface area contributed by atoms with E-state index < -0.39 is 0 Å². The lowest BCUT2D eigenvalue weighted by molar-refractivity contribution is -0.129. The average Bonchev–Trinajstić information content (AvgIpc) is 2.46. The van der Waals surface area contributed by atoms with Crippen molar-refractivity contribution in [3.63, 3.8) is 0 Å². The van der Waals surface area contributed by atoms with Gasteiger partial charge in [0.25, 0.3) is 0 Å². The molecule has 1 fully saturated rings. The molecule has 104 valence electrons. The summed E-state index contributed by atoms with van der Waals surface area (Å²) in [5.74, 6) is 1.19. The molecule has 5 heteroatoms. The molecule has 1 aliphatic rings. The molecule has 1 amide bonds. The summed E-state index contributed by atoms with van der Waals surface area (Å²) in [4.78, 5) is 20.0. The molecule has 1 atom stereocenters. The second-order valence-electron chi connectivity index (χ2n) is 4.92. The number of pyridine rings is 1. The molecule has 2 heterocycles. The van der Waals surface area contributed by atoms with Crippen molar-refractivity contribution in [2.75, 3.05) is 38.1 Å². The third-order valence-corrected chi connectivity index (χ3v) is 3.74. The van der Waals surface area contributed by atoms with Gasteiger partial charge in [0, 0.05) is 50.9 Å². The Balaban J connectivity index is 2.13. The largest absolute Gasteiger partial charge is 0.353 e. The lowest BCUT2D eigenvalue weighted by Crippen LogP contribution is -2.48. The normalized spacial score (nSPS) is 17.4. The van der Waals surface area contributed by atoms with E-state index in [0.717, 1.165) is 32.0 Å². The Morgan fingerprint density at radius 2 is 2.05 bits per heavy atom. The molecule has 1 aliphatic heterocycles. The molecular weight excluding hydrogens is 240 g/mol. The van der Waals surface area contributed by atoms with Gasteiger partial charge in [0.2, 0.25) is 5.91 Å². The predicted octanol–water partition coefficient (Wildman–Crippen LogP) is 1.03. The van der Waals surface area contributed by atoms with E-state index in [1.54, 1.807) is 6.92 Å². The van der Waals surface area contributed by atoms with E-state index in [1.165, 1.54) is 5.56 Å². The molecule has 1 unspecified atom stereocenters. The lowest BCUT2D eigenvalue weighted by atomic mass is 10.1. The maximum Gasteiger partial charge on any atom is 0.219 e. The zero-order valence-corrected chi connectivity index (χ0v) is 11.9. The standard InChI is InChI=1S/C14H22N4O/c1-11(15-3)13-5-4-6-16-14(13)18-9-7-17(8-10-18)12(2)19/h4-6,11,15H,7-10H2,1-3H3. The molecule has 1 aromatic rings. The fourth-order valence-electron chi connectivity index (χ4n) is 2.40. The molecule has 5 nitrogen and oxygen atoms in total. The number of anilines is 1. The van der Waals surface area contributed by atoms with Crippen LogP contribution in [0.25, 0.3) is 0 Å². The molecule has 19 heavy (non-hydrogen) atoms. The molecule has 2 rings (SSSR count). The second kappa shape index (κ2) is 6.02. The Kier molecular flexibility index (Phi) is 4.37. The van der Waals surface area contributed by atoms with E-state index >= 15 is 0 Å². The second-order valence-corrected chi connectivity index (χ2v) is 4.92. The number of nitrogens with zero attached hydrogens (tertiary/aromatic N) is 3. The zero-order chi connectivity index (χ0) is 13.8. The van der Waals surface area contributed by atoms with E-state index in [2.05, 4.69) is 28.2 Å². The summed E-state index contributed by atoms with van der Waals surface area (Å²) in [6.45, 7) is 7.01. The minimum absolute atomic E-state index is 0.157. The SMILES string of the molecule is CNC(C)c1cccnc1N1CCN(C(C)=O)CC1.